The molecule has 0 aliphatic carbocycles. The van der Waals surface area contributed by atoms with Gasteiger partial charge in [0.1, 0.15) is 22.8 Å². The molecule has 0 bridgehead atoms. The number of halogens is 1. The molecule has 12 nitrogen and oxygen atoms in total. The molecule has 0 saturated carbocycles. The number of rotatable bonds is 5. The molecule has 1 amide bonds. The van der Waals surface area contributed by atoms with Gasteiger partial charge in [-0.2, -0.15) is 4.80 Å². The molecule has 1 saturated heterocycles. The molecule has 1 fully saturated rings. The van der Waals surface area contributed by atoms with E-state index < -0.39 is 25.5 Å². The fourth-order valence-corrected chi connectivity index (χ4v) is 5.63. The monoisotopic (exact) mass is 581 g/mol. The molecule has 212 valence electrons. The first kappa shape index (κ1) is 19.7. The number of nitrogens with one attached hydrogen (secondary N) is 1. The molecule has 1 aliphatic rings. The second-order valence-electron chi connectivity index (χ2n) is 10.1. The second-order valence-corrected chi connectivity index (χ2v) is 10.5. The van der Waals surface area contributed by atoms with Gasteiger partial charge in [0.05, 0.1) is 36.6 Å². The summed E-state index contributed by atoms with van der Waals surface area (Å²) in [6, 6.07) is 4.58. The molecule has 1 N–H and O–H groups in total. The standard InChI is InChI=1S/C28H31ClN10O2/c1-15-12-19(16(2)31-21-6-7-22(29)32-24(21)26-33-35-37(5)34-26)25-20(13-15)28(41)36(4)27-23(30-14-39(25)27)18-8-10-38(11-9-18)17(3)40/h6-7,12-14,16,18,31H,8-11H2,1-5H3/i4D3,5D3,16D. The lowest BCUT2D eigenvalue weighted by atomic mass is 9.93. The van der Waals surface area contributed by atoms with Crippen LogP contribution in [0.5, 0.6) is 0 Å². The molecule has 1 atom stereocenters. The Bertz CT molecular complexity index is 2130. The molecule has 5 heterocycles. The summed E-state index contributed by atoms with van der Waals surface area (Å²) in [5.74, 6) is -0.421. The highest BCUT2D eigenvalue weighted by Crippen LogP contribution is 2.34. The number of benzene rings is 1. The first-order valence-corrected chi connectivity index (χ1v) is 13.3. The van der Waals surface area contributed by atoms with E-state index in [1.165, 1.54) is 25.4 Å². The van der Waals surface area contributed by atoms with Crippen molar-refractivity contribution in [1.29, 1.82) is 0 Å². The fraction of sp³-hybridized carbons (Fsp3) is 0.393. The summed E-state index contributed by atoms with van der Waals surface area (Å²) < 4.78 is 59.6. The third kappa shape index (κ3) is 4.71. The summed E-state index contributed by atoms with van der Waals surface area (Å²) in [5.41, 5.74) is 1.19. The van der Waals surface area contributed by atoms with Crippen molar-refractivity contribution in [3.05, 3.63) is 62.9 Å². The average Bonchev–Trinajstić information content (AvgIpc) is 3.66. The Kier molecular flexibility index (Phi) is 4.93. The number of anilines is 1. The maximum absolute atomic E-state index is 14.1. The van der Waals surface area contributed by atoms with Crippen molar-refractivity contribution in [1.82, 2.24) is 44.0 Å². The van der Waals surface area contributed by atoms with Gasteiger partial charge in [0, 0.05) is 41.1 Å². The Balaban J connectivity index is 1.54. The molecule has 0 spiro atoms. The Morgan fingerprint density at radius 3 is 2.76 bits per heavy atom. The van der Waals surface area contributed by atoms with Crippen LogP contribution in [0, 0.1) is 6.92 Å². The van der Waals surface area contributed by atoms with Gasteiger partial charge >= 0.3 is 0 Å². The summed E-state index contributed by atoms with van der Waals surface area (Å²) in [6.07, 6.45) is 2.53. The van der Waals surface area contributed by atoms with Gasteiger partial charge in [-0.3, -0.25) is 18.6 Å². The molecule has 5 aromatic rings. The van der Waals surface area contributed by atoms with Crippen LogP contribution in [0.2, 0.25) is 5.15 Å². The van der Waals surface area contributed by atoms with Gasteiger partial charge in [-0.1, -0.05) is 17.7 Å². The van der Waals surface area contributed by atoms with Gasteiger partial charge < -0.3 is 10.2 Å². The van der Waals surface area contributed by atoms with E-state index in [-0.39, 0.29) is 50.7 Å². The first-order chi connectivity index (χ1) is 22.4. The Morgan fingerprint density at radius 2 is 2.05 bits per heavy atom. The largest absolute Gasteiger partial charge is 0.377 e. The van der Waals surface area contributed by atoms with Crippen molar-refractivity contribution >= 4 is 39.7 Å². The molecular weight excluding hydrogens is 544 g/mol. The SMILES string of the molecule is [2H]C(C)(Nc1ccc(Cl)nc1-c1nnn(C([2H])([2H])[2H])n1)c1cc(C)cc2c(=O)n(C([2H])([2H])[2H])c3c(C4CCN(C(C)=O)CC4)ncn3c12. The zero-order valence-corrected chi connectivity index (χ0v) is 23.3. The number of amides is 1. The van der Waals surface area contributed by atoms with E-state index in [9.17, 15) is 11.0 Å². The number of piperidine rings is 1. The van der Waals surface area contributed by atoms with Gasteiger partial charge in [0.2, 0.25) is 11.7 Å². The smallest absolute Gasteiger partial charge is 0.261 e. The lowest BCUT2D eigenvalue weighted by Crippen LogP contribution is -2.36. The number of imidazole rings is 1. The molecular formula is C28H31ClN10O2. The van der Waals surface area contributed by atoms with Crippen molar-refractivity contribution in [2.75, 3.05) is 18.4 Å². The number of tetrazole rings is 1. The third-order valence-electron chi connectivity index (χ3n) is 7.45. The second kappa shape index (κ2) is 10.3. The van der Waals surface area contributed by atoms with Crippen LogP contribution in [0.1, 0.15) is 65.0 Å². The predicted molar refractivity (Wildman–Crippen MR) is 156 cm³/mol. The number of pyridine rings is 1. The molecule has 0 radical (unpaired) electrons. The molecule has 13 heteroatoms. The maximum atomic E-state index is 14.1. The zero-order valence-electron chi connectivity index (χ0n) is 29.5. The lowest BCUT2D eigenvalue weighted by Gasteiger charge is -2.30. The van der Waals surface area contributed by atoms with E-state index in [1.54, 1.807) is 35.3 Å². The summed E-state index contributed by atoms with van der Waals surface area (Å²) in [7, 11) is 0. The van der Waals surface area contributed by atoms with Crippen molar-refractivity contribution in [3.8, 4) is 11.5 Å². The summed E-state index contributed by atoms with van der Waals surface area (Å²) in [6.45, 7) is 0.173. The Hall–Kier alpha value is -4.32. The molecule has 6 rings (SSSR count). The number of carbonyl (C=O) groups is 1. The number of hydrogen-bond donors (Lipinski definition) is 1. The zero-order chi connectivity index (χ0) is 34.9. The van der Waals surface area contributed by atoms with Crippen LogP contribution in [-0.2, 0) is 18.7 Å². The highest BCUT2D eigenvalue weighted by atomic mass is 35.5. The average molecular weight is 582 g/mol. The van der Waals surface area contributed by atoms with Gasteiger partial charge in [-0.25, -0.2) is 9.97 Å². The molecule has 4 aromatic heterocycles. The van der Waals surface area contributed by atoms with Gasteiger partial charge in [-0.15, -0.1) is 10.2 Å². The summed E-state index contributed by atoms with van der Waals surface area (Å²) >= 11 is 6.18. The predicted octanol–water partition coefficient (Wildman–Crippen LogP) is 3.63. The van der Waals surface area contributed by atoms with Crippen LogP contribution in [-0.4, -0.2) is 63.0 Å². The molecule has 1 unspecified atom stereocenters. The number of fused-ring (bicyclic) bond motifs is 3. The number of aryl methyl sites for hydroxylation is 3. The minimum Gasteiger partial charge on any atom is -0.377 e. The minimum atomic E-state index is -2.85. The van der Waals surface area contributed by atoms with Gasteiger partial charge in [0.25, 0.3) is 5.56 Å². The van der Waals surface area contributed by atoms with E-state index in [0.29, 0.717) is 47.5 Å². The number of hydrogen-bond acceptors (Lipinski definition) is 8. The summed E-state index contributed by atoms with van der Waals surface area (Å²) in [4.78, 5) is 37.2. The normalized spacial score (nSPS) is 19.0. The van der Waals surface area contributed by atoms with E-state index >= 15 is 0 Å². The number of nitrogens with zero attached hydrogens (tertiary/aromatic N) is 9. The molecule has 1 aliphatic heterocycles. The van der Waals surface area contributed by atoms with Crippen LogP contribution in [0.15, 0.2) is 35.4 Å². The highest BCUT2D eigenvalue weighted by molar-refractivity contribution is 6.29. The number of carbonyl (C=O) groups excluding carboxylic acids is 1. The van der Waals surface area contributed by atoms with Crippen molar-refractivity contribution in [3.63, 3.8) is 0 Å². The van der Waals surface area contributed by atoms with Crippen molar-refractivity contribution < 1.29 is 14.4 Å². The first-order valence-electron chi connectivity index (χ1n) is 16.4. The Morgan fingerprint density at radius 1 is 1.24 bits per heavy atom. The van der Waals surface area contributed by atoms with Crippen LogP contribution in [0.3, 0.4) is 0 Å². The van der Waals surface area contributed by atoms with Crippen LogP contribution in [0.25, 0.3) is 28.1 Å². The van der Waals surface area contributed by atoms with E-state index in [0.717, 1.165) is 4.57 Å². The van der Waals surface area contributed by atoms with Crippen LogP contribution < -0.4 is 10.9 Å². The number of aromatic nitrogens is 8. The third-order valence-corrected chi connectivity index (χ3v) is 7.66. The molecule has 41 heavy (non-hydrogen) atoms. The van der Waals surface area contributed by atoms with Crippen LogP contribution >= 0.6 is 11.6 Å². The fourth-order valence-electron chi connectivity index (χ4n) is 5.49. The quantitative estimate of drug-likeness (QED) is 0.312. The summed E-state index contributed by atoms with van der Waals surface area (Å²) in [5, 5.41) is 14.6. The van der Waals surface area contributed by atoms with Gasteiger partial charge in [0.15, 0.2) is 0 Å². The lowest BCUT2D eigenvalue weighted by molar-refractivity contribution is -0.129. The topological polar surface area (TPSA) is 128 Å². The van der Waals surface area contributed by atoms with Crippen LogP contribution in [0.4, 0.5) is 5.69 Å². The number of likely N-dealkylation sites (tertiary alicyclic amines) is 1. The van der Waals surface area contributed by atoms with Crippen molar-refractivity contribution in [2.45, 2.75) is 45.5 Å². The maximum Gasteiger partial charge on any atom is 0.261 e. The van der Waals surface area contributed by atoms with E-state index in [2.05, 4.69) is 30.7 Å². The minimum absolute atomic E-state index is 0.0326. The van der Waals surface area contributed by atoms with Gasteiger partial charge in [-0.05, 0) is 61.2 Å². The van der Waals surface area contributed by atoms with Crippen molar-refractivity contribution in [2.24, 2.45) is 14.0 Å². The Labute approximate surface area is 250 Å². The molecule has 1 aromatic carbocycles. The van der Waals surface area contributed by atoms with E-state index in [4.69, 9.17) is 19.8 Å². The highest BCUT2D eigenvalue weighted by Gasteiger charge is 2.28. The van der Waals surface area contributed by atoms with E-state index in [1.807, 2.05) is 0 Å².